The molecule has 1 atom stereocenters. The first kappa shape index (κ1) is 20.0. The average molecular weight is 353 g/mol. The summed E-state index contributed by atoms with van der Waals surface area (Å²) in [4.78, 5) is 21.1. The van der Waals surface area contributed by atoms with Gasteiger partial charge in [0, 0.05) is 45.8 Å². The number of carbonyl (C=O) groups excluding carboxylic acids is 1. The number of hydrogen-bond donors (Lipinski definition) is 1. The van der Waals surface area contributed by atoms with E-state index in [1.165, 1.54) is 19.3 Å². The van der Waals surface area contributed by atoms with Gasteiger partial charge in [0.15, 0.2) is 5.96 Å². The SMILES string of the molecule is CCNC(=NCCC(=O)N1CCCCC1C)N(C)CCOCC1CC1. The summed E-state index contributed by atoms with van der Waals surface area (Å²) in [5, 5.41) is 3.30. The van der Waals surface area contributed by atoms with Crippen LogP contribution in [0, 0.1) is 5.92 Å². The summed E-state index contributed by atoms with van der Waals surface area (Å²) in [7, 11) is 2.02. The zero-order chi connectivity index (χ0) is 18.1. The monoisotopic (exact) mass is 352 g/mol. The molecule has 144 valence electrons. The molecule has 1 heterocycles. The molecular weight excluding hydrogens is 316 g/mol. The third-order valence-corrected chi connectivity index (χ3v) is 5.03. The average Bonchev–Trinajstić information content (AvgIpc) is 3.42. The molecule has 2 aliphatic rings. The van der Waals surface area contributed by atoms with Gasteiger partial charge in [0.1, 0.15) is 0 Å². The fraction of sp³-hybridized carbons (Fsp3) is 0.895. The van der Waals surface area contributed by atoms with E-state index < -0.39 is 0 Å². The minimum Gasteiger partial charge on any atom is -0.379 e. The van der Waals surface area contributed by atoms with Crippen LogP contribution in [0.15, 0.2) is 4.99 Å². The second kappa shape index (κ2) is 10.6. The molecular formula is C19H36N4O2. The number of piperidine rings is 1. The predicted molar refractivity (Wildman–Crippen MR) is 102 cm³/mol. The Morgan fingerprint density at radius 2 is 2.12 bits per heavy atom. The fourth-order valence-electron chi connectivity index (χ4n) is 3.18. The Morgan fingerprint density at radius 3 is 2.80 bits per heavy atom. The maximum atomic E-state index is 12.4. The number of guanidine groups is 1. The van der Waals surface area contributed by atoms with E-state index in [4.69, 9.17) is 4.74 Å². The Hall–Kier alpha value is -1.30. The highest BCUT2D eigenvalue weighted by Gasteiger charge is 2.23. The van der Waals surface area contributed by atoms with E-state index in [2.05, 4.69) is 29.1 Å². The number of carbonyl (C=O) groups is 1. The van der Waals surface area contributed by atoms with E-state index in [0.29, 0.717) is 19.0 Å². The zero-order valence-corrected chi connectivity index (χ0v) is 16.3. The lowest BCUT2D eigenvalue weighted by Gasteiger charge is -2.33. The molecule has 1 amide bonds. The van der Waals surface area contributed by atoms with Crippen molar-refractivity contribution in [3.63, 3.8) is 0 Å². The van der Waals surface area contributed by atoms with Crippen molar-refractivity contribution in [3.8, 4) is 0 Å². The van der Waals surface area contributed by atoms with Crippen molar-refractivity contribution >= 4 is 11.9 Å². The highest BCUT2D eigenvalue weighted by Crippen LogP contribution is 2.28. The number of rotatable bonds is 9. The van der Waals surface area contributed by atoms with Crippen LogP contribution in [0.1, 0.15) is 52.4 Å². The first-order valence-electron chi connectivity index (χ1n) is 9.98. The van der Waals surface area contributed by atoms with E-state index in [1.54, 1.807) is 0 Å². The van der Waals surface area contributed by atoms with Gasteiger partial charge in [-0.1, -0.05) is 0 Å². The Morgan fingerprint density at radius 1 is 1.32 bits per heavy atom. The number of ether oxygens (including phenoxy) is 1. The van der Waals surface area contributed by atoms with Gasteiger partial charge in [-0.05, 0) is 51.9 Å². The number of likely N-dealkylation sites (tertiary alicyclic amines) is 1. The summed E-state index contributed by atoms with van der Waals surface area (Å²) in [6, 6.07) is 0.379. The normalized spacial score (nSPS) is 21.3. The number of hydrogen-bond acceptors (Lipinski definition) is 3. The lowest BCUT2D eigenvalue weighted by Crippen LogP contribution is -2.43. The minimum absolute atomic E-state index is 0.238. The highest BCUT2D eigenvalue weighted by atomic mass is 16.5. The van der Waals surface area contributed by atoms with Crippen LogP contribution in [0.3, 0.4) is 0 Å². The smallest absolute Gasteiger partial charge is 0.224 e. The lowest BCUT2D eigenvalue weighted by atomic mass is 10.0. The third kappa shape index (κ3) is 7.22. The second-order valence-corrected chi connectivity index (χ2v) is 7.36. The second-order valence-electron chi connectivity index (χ2n) is 7.36. The van der Waals surface area contributed by atoms with Crippen LogP contribution in [-0.4, -0.2) is 74.1 Å². The van der Waals surface area contributed by atoms with Crippen molar-refractivity contribution in [2.75, 3.05) is 46.4 Å². The molecule has 1 unspecified atom stereocenters. The largest absolute Gasteiger partial charge is 0.379 e. The Balaban J connectivity index is 1.71. The molecule has 0 spiro atoms. The van der Waals surface area contributed by atoms with Crippen LogP contribution in [0.25, 0.3) is 0 Å². The van der Waals surface area contributed by atoms with E-state index in [0.717, 1.165) is 57.6 Å². The van der Waals surface area contributed by atoms with Crippen molar-refractivity contribution in [3.05, 3.63) is 0 Å². The van der Waals surface area contributed by atoms with Crippen LogP contribution in [0.2, 0.25) is 0 Å². The van der Waals surface area contributed by atoms with Crippen LogP contribution in [-0.2, 0) is 9.53 Å². The Bertz CT molecular complexity index is 437. The molecule has 2 rings (SSSR count). The molecule has 2 fully saturated rings. The third-order valence-electron chi connectivity index (χ3n) is 5.03. The number of nitrogens with zero attached hydrogens (tertiary/aromatic N) is 3. The molecule has 0 bridgehead atoms. The van der Waals surface area contributed by atoms with E-state index >= 15 is 0 Å². The quantitative estimate of drug-likeness (QED) is 0.392. The Labute approximate surface area is 153 Å². The van der Waals surface area contributed by atoms with Crippen molar-refractivity contribution in [1.82, 2.24) is 15.1 Å². The molecule has 1 saturated carbocycles. The minimum atomic E-state index is 0.238. The van der Waals surface area contributed by atoms with Gasteiger partial charge < -0.3 is 19.9 Å². The Kier molecular flexibility index (Phi) is 8.52. The first-order valence-corrected chi connectivity index (χ1v) is 9.98. The highest BCUT2D eigenvalue weighted by molar-refractivity contribution is 5.81. The van der Waals surface area contributed by atoms with Crippen LogP contribution in [0.5, 0.6) is 0 Å². The molecule has 6 heteroatoms. The molecule has 6 nitrogen and oxygen atoms in total. The lowest BCUT2D eigenvalue weighted by molar-refractivity contribution is -0.134. The van der Waals surface area contributed by atoms with Crippen LogP contribution >= 0.6 is 0 Å². The summed E-state index contributed by atoms with van der Waals surface area (Å²) >= 11 is 0. The van der Waals surface area contributed by atoms with Gasteiger partial charge >= 0.3 is 0 Å². The van der Waals surface area contributed by atoms with Crippen molar-refractivity contribution < 1.29 is 9.53 Å². The zero-order valence-electron chi connectivity index (χ0n) is 16.3. The van der Waals surface area contributed by atoms with Crippen LogP contribution < -0.4 is 5.32 Å². The summed E-state index contributed by atoms with van der Waals surface area (Å²) < 4.78 is 5.71. The molecule has 1 N–H and O–H groups in total. The standard InChI is InChI=1S/C19H36N4O2/c1-4-20-19(22(3)13-14-25-15-17-8-9-17)21-11-10-18(24)23-12-6-5-7-16(23)2/h16-17H,4-15H2,1-3H3,(H,20,21). The summed E-state index contributed by atoms with van der Waals surface area (Å²) in [5.41, 5.74) is 0. The maximum Gasteiger partial charge on any atom is 0.224 e. The molecule has 1 saturated heterocycles. The molecule has 0 aromatic carbocycles. The predicted octanol–water partition coefficient (Wildman–Crippen LogP) is 2.10. The molecule has 25 heavy (non-hydrogen) atoms. The number of aliphatic imine (C=N–C) groups is 1. The van der Waals surface area contributed by atoms with Crippen LogP contribution in [0.4, 0.5) is 0 Å². The van der Waals surface area contributed by atoms with Crippen molar-refractivity contribution in [2.24, 2.45) is 10.9 Å². The van der Waals surface area contributed by atoms with Crippen molar-refractivity contribution in [1.29, 1.82) is 0 Å². The van der Waals surface area contributed by atoms with E-state index in [1.807, 2.05) is 11.9 Å². The first-order chi connectivity index (χ1) is 12.1. The fourth-order valence-corrected chi connectivity index (χ4v) is 3.18. The number of amides is 1. The number of nitrogens with one attached hydrogen (secondary N) is 1. The van der Waals surface area contributed by atoms with Gasteiger partial charge in [-0.25, -0.2) is 0 Å². The molecule has 0 aromatic rings. The van der Waals surface area contributed by atoms with E-state index in [-0.39, 0.29) is 5.91 Å². The summed E-state index contributed by atoms with van der Waals surface area (Å²) in [6.45, 7) is 8.91. The maximum absolute atomic E-state index is 12.4. The van der Waals surface area contributed by atoms with Gasteiger partial charge in [-0.3, -0.25) is 9.79 Å². The van der Waals surface area contributed by atoms with Gasteiger partial charge in [0.05, 0.1) is 13.2 Å². The molecule has 0 aromatic heterocycles. The topological polar surface area (TPSA) is 57.2 Å². The van der Waals surface area contributed by atoms with Gasteiger partial charge in [-0.15, -0.1) is 0 Å². The van der Waals surface area contributed by atoms with Gasteiger partial charge in [-0.2, -0.15) is 0 Å². The summed E-state index contributed by atoms with van der Waals surface area (Å²) in [5.74, 6) is 1.90. The van der Waals surface area contributed by atoms with Crippen molar-refractivity contribution in [2.45, 2.75) is 58.4 Å². The van der Waals surface area contributed by atoms with Gasteiger partial charge in [0.25, 0.3) is 0 Å². The summed E-state index contributed by atoms with van der Waals surface area (Å²) in [6.07, 6.45) is 6.63. The number of likely N-dealkylation sites (N-methyl/N-ethyl adjacent to an activating group) is 1. The molecule has 1 aliphatic carbocycles. The van der Waals surface area contributed by atoms with E-state index in [9.17, 15) is 4.79 Å². The van der Waals surface area contributed by atoms with Gasteiger partial charge in [0.2, 0.25) is 5.91 Å². The molecule has 1 aliphatic heterocycles. The molecule has 0 radical (unpaired) electrons.